The summed E-state index contributed by atoms with van der Waals surface area (Å²) in [6.45, 7) is 0.831. The number of pyridine rings is 1. The van der Waals surface area contributed by atoms with Gasteiger partial charge in [-0.15, -0.1) is 0 Å². The molecular weight excluding hydrogens is 274 g/mol. The Bertz CT molecular complexity index is 671. The molecule has 20 heavy (non-hydrogen) atoms. The van der Waals surface area contributed by atoms with Crippen LogP contribution < -0.4 is 10.0 Å². The molecule has 2 N–H and O–H groups in total. The lowest BCUT2D eigenvalue weighted by molar-refractivity contribution is 0.595. The molecule has 0 radical (unpaired) electrons. The third-order valence-electron chi connectivity index (χ3n) is 2.97. The summed E-state index contributed by atoms with van der Waals surface area (Å²) in [6.07, 6.45) is 3.21. The number of benzene rings is 1. The van der Waals surface area contributed by atoms with E-state index in [1.54, 1.807) is 18.3 Å². The Morgan fingerprint density at radius 1 is 1.20 bits per heavy atom. The monoisotopic (exact) mass is 293 g/mol. The van der Waals surface area contributed by atoms with Crippen molar-refractivity contribution < 1.29 is 8.42 Å². The molecule has 0 bridgehead atoms. The van der Waals surface area contributed by atoms with Crippen molar-refractivity contribution in [3.63, 3.8) is 0 Å². The Labute approximate surface area is 119 Å². The van der Waals surface area contributed by atoms with Gasteiger partial charge in [0.1, 0.15) is 0 Å². The molecule has 2 aromatic rings. The zero-order chi connectivity index (χ0) is 14.4. The highest BCUT2D eigenvalue weighted by molar-refractivity contribution is 7.92. The number of anilines is 1. The van der Waals surface area contributed by atoms with Crippen LogP contribution in [0.15, 0.2) is 36.5 Å². The minimum absolute atomic E-state index is 0.139. The van der Waals surface area contributed by atoms with Crippen molar-refractivity contribution >= 4 is 26.6 Å². The van der Waals surface area contributed by atoms with Gasteiger partial charge in [0, 0.05) is 17.3 Å². The summed E-state index contributed by atoms with van der Waals surface area (Å²) in [5.74, 6) is 0.139. The smallest absolute Gasteiger partial charge is 0.232 e. The standard InChI is InChI=1S/C14H19N3O2S/c1-15-8-2-3-10-20(18,19)17-13-6-7-14-12(11-13)5-4-9-16-14/h4-7,9,11,15,17H,2-3,8,10H2,1H3. The van der Waals surface area contributed by atoms with Crippen LogP contribution in [-0.2, 0) is 10.0 Å². The number of unbranched alkanes of at least 4 members (excludes halogenated alkanes) is 1. The SMILES string of the molecule is CNCCCCS(=O)(=O)Nc1ccc2ncccc2c1. The lowest BCUT2D eigenvalue weighted by atomic mass is 10.2. The Kier molecular flexibility index (Phi) is 4.92. The normalized spacial score (nSPS) is 11.7. The van der Waals surface area contributed by atoms with E-state index in [0.29, 0.717) is 12.1 Å². The number of fused-ring (bicyclic) bond motifs is 1. The molecule has 0 fully saturated rings. The van der Waals surface area contributed by atoms with Gasteiger partial charge in [0.15, 0.2) is 0 Å². The molecule has 0 aliphatic carbocycles. The highest BCUT2D eigenvalue weighted by Gasteiger charge is 2.10. The van der Waals surface area contributed by atoms with Crippen LogP contribution >= 0.6 is 0 Å². The second-order valence-corrected chi connectivity index (χ2v) is 6.48. The van der Waals surface area contributed by atoms with Crippen molar-refractivity contribution in [3.05, 3.63) is 36.5 Å². The van der Waals surface area contributed by atoms with E-state index < -0.39 is 10.0 Å². The van der Waals surface area contributed by atoms with Crippen molar-refractivity contribution in [2.45, 2.75) is 12.8 Å². The molecule has 1 aromatic carbocycles. The zero-order valence-electron chi connectivity index (χ0n) is 11.5. The summed E-state index contributed by atoms with van der Waals surface area (Å²) in [6, 6.07) is 9.09. The average molecular weight is 293 g/mol. The van der Waals surface area contributed by atoms with E-state index in [1.807, 2.05) is 25.2 Å². The fourth-order valence-electron chi connectivity index (χ4n) is 1.96. The highest BCUT2D eigenvalue weighted by atomic mass is 32.2. The Morgan fingerprint density at radius 3 is 2.85 bits per heavy atom. The molecule has 0 unspecified atom stereocenters. The van der Waals surface area contributed by atoms with Crippen LogP contribution in [0, 0.1) is 0 Å². The summed E-state index contributed by atoms with van der Waals surface area (Å²) in [4.78, 5) is 4.20. The minimum Gasteiger partial charge on any atom is -0.320 e. The van der Waals surface area contributed by atoms with E-state index in [-0.39, 0.29) is 5.75 Å². The van der Waals surface area contributed by atoms with Crippen molar-refractivity contribution in [2.24, 2.45) is 0 Å². The van der Waals surface area contributed by atoms with E-state index in [4.69, 9.17) is 0 Å². The number of sulfonamides is 1. The van der Waals surface area contributed by atoms with Gasteiger partial charge in [0.05, 0.1) is 11.3 Å². The van der Waals surface area contributed by atoms with Gasteiger partial charge in [-0.2, -0.15) is 0 Å². The van der Waals surface area contributed by atoms with Crippen LogP contribution in [0.2, 0.25) is 0 Å². The second kappa shape index (κ2) is 6.67. The lowest BCUT2D eigenvalue weighted by Crippen LogP contribution is -2.18. The van der Waals surface area contributed by atoms with Crippen molar-refractivity contribution in [3.8, 4) is 0 Å². The maximum Gasteiger partial charge on any atom is 0.232 e. The average Bonchev–Trinajstić information content (AvgIpc) is 2.43. The maximum absolute atomic E-state index is 12.0. The summed E-state index contributed by atoms with van der Waals surface area (Å²) in [5.41, 5.74) is 1.43. The fourth-order valence-corrected chi connectivity index (χ4v) is 3.14. The predicted octanol–water partition coefficient (Wildman–Crippen LogP) is 1.98. The van der Waals surface area contributed by atoms with Gasteiger partial charge in [0.2, 0.25) is 10.0 Å². The van der Waals surface area contributed by atoms with Crippen molar-refractivity contribution in [2.75, 3.05) is 24.1 Å². The van der Waals surface area contributed by atoms with E-state index in [9.17, 15) is 8.42 Å². The first-order chi connectivity index (χ1) is 9.61. The van der Waals surface area contributed by atoms with Gasteiger partial charge in [-0.25, -0.2) is 8.42 Å². The largest absolute Gasteiger partial charge is 0.320 e. The van der Waals surface area contributed by atoms with E-state index >= 15 is 0 Å². The second-order valence-electron chi connectivity index (χ2n) is 4.64. The fraction of sp³-hybridized carbons (Fsp3) is 0.357. The molecule has 0 spiro atoms. The first-order valence-corrected chi connectivity index (χ1v) is 8.26. The first-order valence-electron chi connectivity index (χ1n) is 6.60. The molecule has 0 saturated carbocycles. The third-order valence-corrected chi connectivity index (χ3v) is 4.34. The van der Waals surface area contributed by atoms with E-state index in [0.717, 1.165) is 23.9 Å². The van der Waals surface area contributed by atoms with Gasteiger partial charge in [-0.3, -0.25) is 9.71 Å². The van der Waals surface area contributed by atoms with Gasteiger partial charge in [0.25, 0.3) is 0 Å². The summed E-state index contributed by atoms with van der Waals surface area (Å²) >= 11 is 0. The number of rotatable bonds is 7. The summed E-state index contributed by atoms with van der Waals surface area (Å²) < 4.78 is 26.5. The minimum atomic E-state index is -3.28. The molecule has 2 rings (SSSR count). The topological polar surface area (TPSA) is 71.1 Å². The van der Waals surface area contributed by atoms with Gasteiger partial charge in [-0.1, -0.05) is 6.07 Å². The van der Waals surface area contributed by atoms with Crippen LogP contribution in [0.4, 0.5) is 5.69 Å². The summed E-state index contributed by atoms with van der Waals surface area (Å²) in [5, 5.41) is 3.92. The van der Waals surface area contributed by atoms with Crippen LogP contribution in [0.3, 0.4) is 0 Å². The third kappa shape index (κ3) is 4.18. The van der Waals surface area contributed by atoms with E-state index in [2.05, 4.69) is 15.0 Å². The molecule has 1 aromatic heterocycles. The first kappa shape index (κ1) is 14.7. The Morgan fingerprint density at radius 2 is 2.05 bits per heavy atom. The van der Waals surface area contributed by atoms with Crippen LogP contribution in [0.5, 0.6) is 0 Å². The number of hydrogen-bond acceptors (Lipinski definition) is 4. The number of nitrogens with one attached hydrogen (secondary N) is 2. The Hall–Kier alpha value is -1.66. The quantitative estimate of drug-likeness (QED) is 0.766. The van der Waals surface area contributed by atoms with Gasteiger partial charge in [-0.05, 0) is 50.7 Å². The number of aromatic nitrogens is 1. The molecule has 0 atom stereocenters. The van der Waals surface area contributed by atoms with Crippen LogP contribution in [0.1, 0.15) is 12.8 Å². The van der Waals surface area contributed by atoms with Crippen LogP contribution in [0.25, 0.3) is 10.9 Å². The summed E-state index contributed by atoms with van der Waals surface area (Å²) in [7, 11) is -1.42. The molecule has 0 aliphatic rings. The molecule has 6 heteroatoms. The molecule has 5 nitrogen and oxygen atoms in total. The molecular formula is C14H19N3O2S. The molecule has 0 aliphatic heterocycles. The molecule has 0 amide bonds. The molecule has 1 heterocycles. The molecule has 108 valence electrons. The Balaban J connectivity index is 2.03. The van der Waals surface area contributed by atoms with Crippen molar-refractivity contribution in [1.82, 2.24) is 10.3 Å². The predicted molar refractivity (Wildman–Crippen MR) is 82.3 cm³/mol. The highest BCUT2D eigenvalue weighted by Crippen LogP contribution is 2.18. The van der Waals surface area contributed by atoms with Crippen LogP contribution in [-0.4, -0.2) is 32.7 Å². The van der Waals surface area contributed by atoms with Gasteiger partial charge < -0.3 is 5.32 Å². The van der Waals surface area contributed by atoms with Crippen molar-refractivity contribution in [1.29, 1.82) is 0 Å². The van der Waals surface area contributed by atoms with E-state index in [1.165, 1.54) is 0 Å². The van der Waals surface area contributed by atoms with Gasteiger partial charge >= 0.3 is 0 Å². The molecule has 0 saturated heterocycles. The zero-order valence-corrected chi connectivity index (χ0v) is 12.3. The number of nitrogens with zero attached hydrogens (tertiary/aromatic N) is 1. The number of hydrogen-bond donors (Lipinski definition) is 2. The lowest BCUT2D eigenvalue weighted by Gasteiger charge is -2.08. The maximum atomic E-state index is 12.0.